The molecule has 1 unspecified atom stereocenters. The first kappa shape index (κ1) is 20.4. The Morgan fingerprint density at radius 2 is 1.97 bits per heavy atom. The van der Waals surface area contributed by atoms with Crippen LogP contribution in [0.4, 0.5) is 10.5 Å². The van der Waals surface area contributed by atoms with E-state index in [0.29, 0.717) is 12.1 Å². The van der Waals surface area contributed by atoms with Crippen LogP contribution in [0.25, 0.3) is 0 Å². The number of esters is 1. The van der Waals surface area contributed by atoms with Gasteiger partial charge >= 0.3 is 12.0 Å². The van der Waals surface area contributed by atoms with E-state index in [-0.39, 0.29) is 12.5 Å². The zero-order valence-corrected chi connectivity index (χ0v) is 16.8. The van der Waals surface area contributed by atoms with Crippen molar-refractivity contribution in [2.75, 3.05) is 18.6 Å². The van der Waals surface area contributed by atoms with Gasteiger partial charge in [0.1, 0.15) is 6.04 Å². The van der Waals surface area contributed by atoms with Crippen LogP contribution in [0.3, 0.4) is 0 Å². The van der Waals surface area contributed by atoms with Crippen molar-refractivity contribution in [1.82, 2.24) is 10.6 Å². The predicted molar refractivity (Wildman–Crippen MR) is 110 cm³/mol. The maximum Gasteiger partial charge on any atom is 0.328 e. The molecule has 1 heterocycles. The number of hydrogen-bond donors (Lipinski definition) is 2. The largest absolute Gasteiger partial charge is 0.467 e. The molecule has 29 heavy (non-hydrogen) atoms. The van der Waals surface area contributed by atoms with Gasteiger partial charge < -0.3 is 20.3 Å². The molecule has 0 spiro atoms. The van der Waals surface area contributed by atoms with Crippen molar-refractivity contribution in [3.63, 3.8) is 0 Å². The number of rotatable bonds is 5. The quantitative estimate of drug-likeness (QED) is 0.762. The van der Waals surface area contributed by atoms with Gasteiger partial charge in [-0.1, -0.05) is 29.8 Å². The lowest BCUT2D eigenvalue weighted by Gasteiger charge is -2.19. The minimum Gasteiger partial charge on any atom is -0.467 e. The summed E-state index contributed by atoms with van der Waals surface area (Å²) in [6, 6.07) is 12.2. The lowest BCUT2D eigenvalue weighted by atomic mass is 10.1. The van der Waals surface area contributed by atoms with Gasteiger partial charge in [0, 0.05) is 24.3 Å². The van der Waals surface area contributed by atoms with E-state index in [1.807, 2.05) is 49.4 Å². The highest BCUT2D eigenvalue weighted by Crippen LogP contribution is 2.30. The molecule has 2 aromatic rings. The fourth-order valence-corrected chi connectivity index (χ4v) is 3.35. The third-order valence-corrected chi connectivity index (χ3v) is 4.91. The number of nitrogens with zero attached hydrogens (tertiary/aromatic N) is 1. The highest BCUT2D eigenvalue weighted by atomic mass is 16.5. The van der Waals surface area contributed by atoms with E-state index in [4.69, 9.17) is 0 Å². The Morgan fingerprint density at radius 1 is 1.17 bits per heavy atom. The summed E-state index contributed by atoms with van der Waals surface area (Å²) in [4.78, 5) is 38.1. The molecule has 0 aliphatic carbocycles. The highest BCUT2D eigenvalue weighted by Gasteiger charge is 2.26. The summed E-state index contributed by atoms with van der Waals surface area (Å²) in [7, 11) is 1.27. The number of benzene rings is 2. The molecule has 0 saturated carbocycles. The maximum absolute atomic E-state index is 13.0. The predicted octanol–water partition coefficient (Wildman–Crippen LogP) is 2.56. The van der Waals surface area contributed by atoms with Gasteiger partial charge in [0.15, 0.2) is 0 Å². The van der Waals surface area contributed by atoms with E-state index < -0.39 is 18.0 Å². The molecule has 3 rings (SSSR count). The number of aryl methyl sites for hydroxylation is 1. The van der Waals surface area contributed by atoms with Crippen LogP contribution in [-0.4, -0.2) is 37.6 Å². The molecule has 1 atom stereocenters. The van der Waals surface area contributed by atoms with E-state index >= 15 is 0 Å². The van der Waals surface area contributed by atoms with Crippen LogP contribution in [0.2, 0.25) is 0 Å². The molecule has 152 valence electrons. The molecule has 3 amide bonds. The zero-order chi connectivity index (χ0) is 21.0. The molecule has 1 aliphatic heterocycles. The van der Waals surface area contributed by atoms with E-state index in [1.54, 1.807) is 11.8 Å². The van der Waals surface area contributed by atoms with E-state index in [0.717, 1.165) is 28.8 Å². The van der Waals surface area contributed by atoms with Crippen molar-refractivity contribution in [2.45, 2.75) is 32.9 Å². The van der Waals surface area contributed by atoms with Crippen molar-refractivity contribution in [2.24, 2.45) is 0 Å². The SMILES string of the molecule is COC(=O)C(C)NC(=O)NCc1ccc2c(c1)N(C(=O)c1cccc(C)c1)CC2. The number of ether oxygens (including phenoxy) is 1. The van der Waals surface area contributed by atoms with Crippen LogP contribution >= 0.6 is 0 Å². The van der Waals surface area contributed by atoms with E-state index in [2.05, 4.69) is 15.4 Å². The molecular formula is C22H25N3O4. The van der Waals surface area contributed by atoms with Crippen LogP contribution in [0.5, 0.6) is 0 Å². The number of urea groups is 1. The van der Waals surface area contributed by atoms with Crippen LogP contribution in [0.15, 0.2) is 42.5 Å². The normalized spacial score (nSPS) is 13.4. The Morgan fingerprint density at radius 3 is 2.69 bits per heavy atom. The van der Waals surface area contributed by atoms with Crippen LogP contribution in [0, 0.1) is 6.92 Å². The summed E-state index contributed by atoms with van der Waals surface area (Å²) in [6.45, 7) is 4.43. The maximum atomic E-state index is 13.0. The van der Waals surface area contributed by atoms with Crippen molar-refractivity contribution >= 4 is 23.6 Å². The molecular weight excluding hydrogens is 370 g/mol. The molecule has 2 N–H and O–H groups in total. The van der Waals surface area contributed by atoms with Crippen LogP contribution in [-0.2, 0) is 22.5 Å². The number of carbonyl (C=O) groups is 3. The zero-order valence-electron chi connectivity index (χ0n) is 16.8. The molecule has 7 heteroatoms. The van der Waals surface area contributed by atoms with Crippen molar-refractivity contribution in [3.05, 3.63) is 64.7 Å². The third-order valence-electron chi connectivity index (χ3n) is 4.91. The fourth-order valence-electron chi connectivity index (χ4n) is 3.35. The second-order valence-electron chi connectivity index (χ2n) is 7.11. The summed E-state index contributed by atoms with van der Waals surface area (Å²) in [6.07, 6.45) is 0.803. The van der Waals surface area contributed by atoms with Crippen LogP contribution < -0.4 is 15.5 Å². The summed E-state index contributed by atoms with van der Waals surface area (Å²) in [5.41, 5.74) is 4.56. The van der Waals surface area contributed by atoms with Gasteiger partial charge in [-0.3, -0.25) is 4.79 Å². The average molecular weight is 395 g/mol. The van der Waals surface area contributed by atoms with Crippen LogP contribution in [0.1, 0.15) is 34.0 Å². The van der Waals surface area contributed by atoms with Gasteiger partial charge in [-0.2, -0.15) is 0 Å². The van der Waals surface area contributed by atoms with Gasteiger partial charge in [-0.15, -0.1) is 0 Å². The Balaban J connectivity index is 1.67. The van der Waals surface area contributed by atoms with E-state index in [9.17, 15) is 14.4 Å². The lowest BCUT2D eigenvalue weighted by molar-refractivity contribution is -0.142. The van der Waals surface area contributed by atoms with E-state index in [1.165, 1.54) is 7.11 Å². The fraction of sp³-hybridized carbons (Fsp3) is 0.318. The molecule has 1 aliphatic rings. The lowest BCUT2D eigenvalue weighted by Crippen LogP contribution is -2.44. The molecule has 0 bridgehead atoms. The van der Waals surface area contributed by atoms with Gasteiger partial charge in [-0.05, 0) is 49.6 Å². The number of anilines is 1. The smallest absolute Gasteiger partial charge is 0.328 e. The first-order valence-corrected chi connectivity index (χ1v) is 9.51. The highest BCUT2D eigenvalue weighted by molar-refractivity contribution is 6.07. The average Bonchev–Trinajstić information content (AvgIpc) is 3.14. The van der Waals surface area contributed by atoms with Gasteiger partial charge in [0.25, 0.3) is 5.91 Å². The number of nitrogens with one attached hydrogen (secondary N) is 2. The first-order valence-electron chi connectivity index (χ1n) is 9.51. The summed E-state index contributed by atoms with van der Waals surface area (Å²) < 4.78 is 4.59. The molecule has 2 aromatic carbocycles. The molecule has 0 fully saturated rings. The number of amides is 3. The number of fused-ring (bicyclic) bond motifs is 1. The third kappa shape index (κ3) is 4.74. The number of carbonyl (C=O) groups excluding carboxylic acids is 3. The Labute approximate surface area is 170 Å². The van der Waals surface area contributed by atoms with Crippen molar-refractivity contribution in [3.8, 4) is 0 Å². The summed E-state index contributed by atoms with van der Waals surface area (Å²) >= 11 is 0. The second-order valence-corrected chi connectivity index (χ2v) is 7.11. The number of hydrogen-bond acceptors (Lipinski definition) is 4. The van der Waals surface area contributed by atoms with Gasteiger partial charge in [-0.25, -0.2) is 9.59 Å². The Kier molecular flexibility index (Phi) is 6.16. The number of methoxy groups -OCH3 is 1. The Hall–Kier alpha value is -3.35. The molecule has 7 nitrogen and oxygen atoms in total. The monoisotopic (exact) mass is 395 g/mol. The van der Waals surface area contributed by atoms with Crippen molar-refractivity contribution in [1.29, 1.82) is 0 Å². The Bertz CT molecular complexity index is 941. The molecule has 0 radical (unpaired) electrons. The summed E-state index contributed by atoms with van der Waals surface area (Å²) in [5.74, 6) is -0.537. The molecule has 0 aromatic heterocycles. The van der Waals surface area contributed by atoms with Crippen molar-refractivity contribution < 1.29 is 19.1 Å². The minimum absolute atomic E-state index is 0.0257. The first-order chi connectivity index (χ1) is 13.9. The second kappa shape index (κ2) is 8.77. The topological polar surface area (TPSA) is 87.7 Å². The minimum atomic E-state index is -0.734. The van der Waals surface area contributed by atoms with Gasteiger partial charge in [0.05, 0.1) is 7.11 Å². The van der Waals surface area contributed by atoms with Gasteiger partial charge in [0.2, 0.25) is 0 Å². The summed E-state index contributed by atoms with van der Waals surface area (Å²) in [5, 5.41) is 5.24. The standard InChI is InChI=1S/C22H25N3O4/c1-14-5-4-6-18(11-14)20(26)25-10-9-17-8-7-16(12-19(17)25)13-23-22(28)24-15(2)21(27)29-3/h4-8,11-12,15H,9-10,13H2,1-3H3,(H2,23,24,28). The molecule has 0 saturated heterocycles.